The van der Waals surface area contributed by atoms with Gasteiger partial charge in [-0.3, -0.25) is 0 Å². The van der Waals surface area contributed by atoms with Crippen molar-refractivity contribution >= 4 is 0 Å². The number of nitrogens with zero attached hydrogens (tertiary/aromatic N) is 1. The second kappa shape index (κ2) is 4.84. The largest absolute Gasteiger partial charge is 0.490 e. The number of ether oxygens (including phenoxy) is 1. The predicted octanol–water partition coefficient (Wildman–Crippen LogP) is 3.28. The van der Waals surface area contributed by atoms with E-state index in [-0.39, 0.29) is 12.0 Å². The van der Waals surface area contributed by atoms with Gasteiger partial charge in [-0.2, -0.15) is 5.26 Å². The smallest absolute Gasteiger partial charge is 0.137 e. The first-order chi connectivity index (χ1) is 7.06. The number of hydrogen-bond donors (Lipinski definition) is 0. The minimum atomic E-state index is 0.0764. The SMILES string of the molecule is [CH2]C(C)c1cccc(OC(C)C)c1C#N. The zero-order chi connectivity index (χ0) is 11.4. The molecular weight excluding hydrogens is 186 g/mol. The first kappa shape index (κ1) is 11.6. The Morgan fingerprint density at radius 3 is 2.47 bits per heavy atom. The first-order valence-corrected chi connectivity index (χ1v) is 5.09. The molecule has 0 fully saturated rings. The summed E-state index contributed by atoms with van der Waals surface area (Å²) in [5, 5.41) is 9.10. The van der Waals surface area contributed by atoms with Crippen molar-refractivity contribution < 1.29 is 4.74 Å². The molecular formula is C13H16NO. The van der Waals surface area contributed by atoms with Crippen LogP contribution in [0.5, 0.6) is 5.75 Å². The number of rotatable bonds is 3. The fourth-order valence-corrected chi connectivity index (χ4v) is 1.43. The van der Waals surface area contributed by atoms with Gasteiger partial charge in [0.15, 0.2) is 0 Å². The molecule has 79 valence electrons. The molecule has 0 aromatic heterocycles. The van der Waals surface area contributed by atoms with E-state index in [0.717, 1.165) is 5.56 Å². The molecule has 1 rings (SSSR count). The van der Waals surface area contributed by atoms with Crippen molar-refractivity contribution in [1.82, 2.24) is 0 Å². The van der Waals surface area contributed by atoms with Gasteiger partial charge in [0.1, 0.15) is 11.8 Å². The topological polar surface area (TPSA) is 33.0 Å². The highest BCUT2D eigenvalue weighted by atomic mass is 16.5. The molecule has 1 unspecified atom stereocenters. The minimum absolute atomic E-state index is 0.0764. The van der Waals surface area contributed by atoms with Gasteiger partial charge in [0.05, 0.1) is 11.7 Å². The van der Waals surface area contributed by atoms with Crippen molar-refractivity contribution in [3.8, 4) is 11.8 Å². The van der Waals surface area contributed by atoms with Gasteiger partial charge in [-0.1, -0.05) is 19.1 Å². The van der Waals surface area contributed by atoms with Crippen LogP contribution in [0.15, 0.2) is 18.2 Å². The van der Waals surface area contributed by atoms with Crippen LogP contribution in [-0.2, 0) is 0 Å². The Hall–Kier alpha value is -1.49. The molecule has 1 atom stereocenters. The van der Waals surface area contributed by atoms with Gasteiger partial charge in [0.2, 0.25) is 0 Å². The fraction of sp³-hybridized carbons (Fsp3) is 0.385. The summed E-state index contributed by atoms with van der Waals surface area (Å²) in [5.41, 5.74) is 1.55. The molecule has 0 amide bonds. The molecule has 1 aromatic rings. The van der Waals surface area contributed by atoms with Gasteiger partial charge in [-0.25, -0.2) is 0 Å². The van der Waals surface area contributed by atoms with E-state index in [4.69, 9.17) is 10.00 Å². The van der Waals surface area contributed by atoms with Crippen molar-refractivity contribution in [2.75, 3.05) is 0 Å². The molecule has 15 heavy (non-hydrogen) atoms. The zero-order valence-corrected chi connectivity index (χ0v) is 9.45. The summed E-state index contributed by atoms with van der Waals surface area (Å²) in [6.07, 6.45) is 0.0764. The van der Waals surface area contributed by atoms with E-state index in [1.165, 1.54) is 0 Å². The predicted molar refractivity (Wildman–Crippen MR) is 60.7 cm³/mol. The summed E-state index contributed by atoms with van der Waals surface area (Å²) in [4.78, 5) is 0. The average Bonchev–Trinajstić information content (AvgIpc) is 2.16. The average molecular weight is 202 g/mol. The van der Waals surface area contributed by atoms with Crippen molar-refractivity contribution in [2.45, 2.75) is 32.8 Å². The third kappa shape index (κ3) is 2.73. The summed E-state index contributed by atoms with van der Waals surface area (Å²) in [6, 6.07) is 7.83. The maximum absolute atomic E-state index is 9.10. The van der Waals surface area contributed by atoms with E-state index >= 15 is 0 Å². The van der Waals surface area contributed by atoms with Gasteiger partial charge in [-0.05, 0) is 38.3 Å². The highest BCUT2D eigenvalue weighted by Crippen LogP contribution is 2.27. The van der Waals surface area contributed by atoms with Crippen LogP contribution >= 0.6 is 0 Å². The molecule has 0 saturated carbocycles. The van der Waals surface area contributed by atoms with Crippen molar-refractivity contribution in [2.24, 2.45) is 0 Å². The van der Waals surface area contributed by atoms with E-state index < -0.39 is 0 Å². The number of hydrogen-bond acceptors (Lipinski definition) is 2. The lowest BCUT2D eigenvalue weighted by Gasteiger charge is -2.15. The fourth-order valence-electron chi connectivity index (χ4n) is 1.43. The van der Waals surface area contributed by atoms with Gasteiger partial charge in [0.25, 0.3) is 0 Å². The molecule has 0 N–H and O–H groups in total. The van der Waals surface area contributed by atoms with Gasteiger partial charge >= 0.3 is 0 Å². The second-order valence-corrected chi connectivity index (χ2v) is 3.90. The normalized spacial score (nSPS) is 10.5. The molecule has 1 radical (unpaired) electrons. The number of nitriles is 1. The van der Waals surface area contributed by atoms with Crippen LogP contribution in [0.25, 0.3) is 0 Å². The molecule has 0 bridgehead atoms. The molecule has 0 aliphatic carbocycles. The minimum Gasteiger partial charge on any atom is -0.490 e. The molecule has 0 saturated heterocycles. The zero-order valence-electron chi connectivity index (χ0n) is 9.45. The van der Waals surface area contributed by atoms with Crippen LogP contribution in [0.4, 0.5) is 0 Å². The van der Waals surface area contributed by atoms with E-state index in [0.29, 0.717) is 11.3 Å². The van der Waals surface area contributed by atoms with E-state index in [1.54, 1.807) is 0 Å². The molecule has 1 aromatic carbocycles. The Morgan fingerprint density at radius 2 is 2.00 bits per heavy atom. The van der Waals surface area contributed by atoms with Crippen molar-refractivity contribution in [3.05, 3.63) is 36.2 Å². The van der Waals surface area contributed by atoms with Crippen molar-refractivity contribution in [1.29, 1.82) is 5.26 Å². The Labute approximate surface area is 91.5 Å². The standard InChI is InChI=1S/C13H16NO/c1-9(2)11-6-5-7-13(12(11)8-14)15-10(3)4/h5-7,9-10H,1H2,2-4H3. The molecule has 2 heteroatoms. The van der Waals surface area contributed by atoms with Crippen molar-refractivity contribution in [3.63, 3.8) is 0 Å². The number of benzene rings is 1. The summed E-state index contributed by atoms with van der Waals surface area (Å²) in [7, 11) is 0. The van der Waals surface area contributed by atoms with Crippen LogP contribution in [0, 0.1) is 18.3 Å². The summed E-state index contributed by atoms with van der Waals surface area (Å²) in [5.74, 6) is 0.746. The lowest BCUT2D eigenvalue weighted by atomic mass is 9.97. The van der Waals surface area contributed by atoms with E-state index in [9.17, 15) is 0 Å². The monoisotopic (exact) mass is 202 g/mol. The highest BCUT2D eigenvalue weighted by Gasteiger charge is 2.12. The highest BCUT2D eigenvalue weighted by molar-refractivity contribution is 5.50. The third-order valence-electron chi connectivity index (χ3n) is 2.06. The third-order valence-corrected chi connectivity index (χ3v) is 2.06. The molecule has 0 heterocycles. The van der Waals surface area contributed by atoms with Gasteiger partial charge in [0, 0.05) is 0 Å². The second-order valence-electron chi connectivity index (χ2n) is 3.90. The maximum atomic E-state index is 9.10. The quantitative estimate of drug-likeness (QED) is 0.753. The summed E-state index contributed by atoms with van der Waals surface area (Å²) >= 11 is 0. The molecule has 0 aliphatic rings. The molecule has 0 spiro atoms. The molecule has 0 aliphatic heterocycles. The van der Waals surface area contributed by atoms with E-state index in [1.807, 2.05) is 39.0 Å². The van der Waals surface area contributed by atoms with Crippen LogP contribution in [-0.4, -0.2) is 6.10 Å². The first-order valence-electron chi connectivity index (χ1n) is 5.09. The molecule has 2 nitrogen and oxygen atoms in total. The Balaban J connectivity index is 3.18. The van der Waals surface area contributed by atoms with Crippen LogP contribution in [0.1, 0.15) is 37.8 Å². The van der Waals surface area contributed by atoms with Gasteiger partial charge in [-0.15, -0.1) is 0 Å². The maximum Gasteiger partial charge on any atom is 0.137 e. The van der Waals surface area contributed by atoms with Gasteiger partial charge < -0.3 is 4.74 Å². The Kier molecular flexibility index (Phi) is 3.74. The van der Waals surface area contributed by atoms with E-state index in [2.05, 4.69) is 13.0 Å². The summed E-state index contributed by atoms with van der Waals surface area (Å²) < 4.78 is 5.58. The van der Waals surface area contributed by atoms with Crippen LogP contribution < -0.4 is 4.74 Å². The Bertz CT molecular complexity index is 375. The van der Waals surface area contributed by atoms with Crippen LogP contribution in [0.3, 0.4) is 0 Å². The van der Waals surface area contributed by atoms with Crippen LogP contribution in [0.2, 0.25) is 0 Å². The lowest BCUT2D eigenvalue weighted by molar-refractivity contribution is 0.241. The summed E-state index contributed by atoms with van der Waals surface area (Å²) in [6.45, 7) is 9.79. The Morgan fingerprint density at radius 1 is 1.33 bits per heavy atom. The lowest BCUT2D eigenvalue weighted by Crippen LogP contribution is -2.08.